The Hall–Kier alpha value is -1.55. The highest BCUT2D eigenvalue weighted by Gasteiger charge is 2.40. The molecule has 0 radical (unpaired) electrons. The number of hydrogen-bond acceptors (Lipinski definition) is 3. The van der Waals surface area contributed by atoms with E-state index in [0.29, 0.717) is 26.1 Å². The van der Waals surface area contributed by atoms with E-state index in [4.69, 9.17) is 4.74 Å². The van der Waals surface area contributed by atoms with Gasteiger partial charge < -0.3 is 15.2 Å². The van der Waals surface area contributed by atoms with Crippen molar-refractivity contribution in [2.75, 3.05) is 18.5 Å². The average molecular weight is 249 g/mol. The van der Waals surface area contributed by atoms with Crippen LogP contribution in [0.25, 0.3) is 0 Å². The summed E-state index contributed by atoms with van der Waals surface area (Å²) >= 11 is 0. The Morgan fingerprint density at radius 1 is 1.33 bits per heavy atom. The number of nitrogens with one attached hydrogen (secondary N) is 1. The molecule has 0 aliphatic carbocycles. The van der Waals surface area contributed by atoms with Crippen molar-refractivity contribution in [1.29, 1.82) is 0 Å². The molecule has 1 aliphatic rings. The van der Waals surface area contributed by atoms with Crippen molar-refractivity contribution in [3.8, 4) is 0 Å². The zero-order valence-corrected chi connectivity index (χ0v) is 10.8. The summed E-state index contributed by atoms with van der Waals surface area (Å²) in [6.45, 7) is 5.01. The average Bonchev–Trinajstić information content (AvgIpc) is 2.36. The highest BCUT2D eigenvalue weighted by atomic mass is 16.5. The van der Waals surface area contributed by atoms with Gasteiger partial charge in [0.1, 0.15) is 5.54 Å². The van der Waals surface area contributed by atoms with Crippen molar-refractivity contribution >= 4 is 11.7 Å². The number of carboxylic acid groups (broad SMARTS) is 1. The summed E-state index contributed by atoms with van der Waals surface area (Å²) in [5, 5.41) is 12.7. The number of carboxylic acids is 1. The number of benzene rings is 1. The van der Waals surface area contributed by atoms with Crippen molar-refractivity contribution in [1.82, 2.24) is 0 Å². The van der Waals surface area contributed by atoms with Gasteiger partial charge in [0.2, 0.25) is 0 Å². The number of aryl methyl sites for hydroxylation is 1. The van der Waals surface area contributed by atoms with Gasteiger partial charge in [-0.25, -0.2) is 4.79 Å². The number of carbonyl (C=O) groups is 1. The highest BCUT2D eigenvalue weighted by molar-refractivity contribution is 5.83. The zero-order chi connectivity index (χ0) is 13.2. The highest BCUT2D eigenvalue weighted by Crippen LogP contribution is 2.29. The first-order valence-corrected chi connectivity index (χ1v) is 6.21. The molecule has 0 saturated carbocycles. The molecule has 1 aliphatic heterocycles. The second-order valence-corrected chi connectivity index (χ2v) is 4.87. The molecule has 1 aromatic carbocycles. The SMILES string of the molecule is Cc1cccc(NC2(C(=O)O)CCOCC2)c1C. The molecule has 0 unspecified atom stereocenters. The standard InChI is InChI=1S/C14H19NO3/c1-10-4-3-5-12(11(10)2)15-14(13(16)17)6-8-18-9-7-14/h3-5,15H,6-9H2,1-2H3,(H,16,17). The molecule has 4 nitrogen and oxygen atoms in total. The van der Waals surface area contributed by atoms with Gasteiger partial charge in [0, 0.05) is 31.7 Å². The third-order valence-corrected chi connectivity index (χ3v) is 3.73. The van der Waals surface area contributed by atoms with Crippen molar-refractivity contribution in [3.05, 3.63) is 29.3 Å². The van der Waals surface area contributed by atoms with Crippen LogP contribution >= 0.6 is 0 Å². The predicted octanol–water partition coefficient (Wildman–Crippen LogP) is 2.35. The molecular weight excluding hydrogens is 230 g/mol. The van der Waals surface area contributed by atoms with E-state index in [0.717, 1.165) is 16.8 Å². The number of rotatable bonds is 3. The Morgan fingerprint density at radius 3 is 2.61 bits per heavy atom. The normalized spacial score (nSPS) is 18.3. The van der Waals surface area contributed by atoms with Crippen molar-refractivity contribution in [3.63, 3.8) is 0 Å². The number of hydrogen-bond donors (Lipinski definition) is 2. The second kappa shape index (κ2) is 4.98. The van der Waals surface area contributed by atoms with E-state index < -0.39 is 11.5 Å². The summed E-state index contributed by atoms with van der Waals surface area (Å²) in [6.07, 6.45) is 0.991. The smallest absolute Gasteiger partial charge is 0.329 e. The molecule has 1 aromatic rings. The Labute approximate surface area is 107 Å². The third kappa shape index (κ3) is 2.34. The van der Waals surface area contributed by atoms with E-state index in [1.807, 2.05) is 32.0 Å². The molecule has 0 amide bonds. The van der Waals surface area contributed by atoms with Gasteiger partial charge in [-0.2, -0.15) is 0 Å². The van der Waals surface area contributed by atoms with Crippen LogP contribution in [0.1, 0.15) is 24.0 Å². The van der Waals surface area contributed by atoms with Crippen LogP contribution < -0.4 is 5.32 Å². The first kappa shape index (κ1) is 12.9. The fraction of sp³-hybridized carbons (Fsp3) is 0.500. The molecule has 1 heterocycles. The molecule has 1 fully saturated rings. The Kier molecular flexibility index (Phi) is 3.57. The van der Waals surface area contributed by atoms with E-state index in [9.17, 15) is 9.90 Å². The number of anilines is 1. The molecule has 18 heavy (non-hydrogen) atoms. The van der Waals surface area contributed by atoms with Crippen molar-refractivity contribution < 1.29 is 14.6 Å². The van der Waals surface area contributed by atoms with Gasteiger partial charge in [0.25, 0.3) is 0 Å². The van der Waals surface area contributed by atoms with E-state index in [2.05, 4.69) is 5.32 Å². The van der Waals surface area contributed by atoms with Crippen LogP contribution in [-0.4, -0.2) is 29.8 Å². The van der Waals surface area contributed by atoms with E-state index in [1.165, 1.54) is 0 Å². The third-order valence-electron chi connectivity index (χ3n) is 3.73. The topological polar surface area (TPSA) is 58.6 Å². The lowest BCUT2D eigenvalue weighted by atomic mass is 9.89. The number of ether oxygens (including phenoxy) is 1. The molecule has 0 aromatic heterocycles. The molecule has 4 heteroatoms. The van der Waals surface area contributed by atoms with Crippen LogP contribution in [-0.2, 0) is 9.53 Å². The fourth-order valence-electron chi connectivity index (χ4n) is 2.26. The molecule has 0 atom stereocenters. The minimum atomic E-state index is -0.892. The number of aliphatic carboxylic acids is 1. The summed E-state index contributed by atoms with van der Waals surface area (Å²) in [4.78, 5) is 11.6. The van der Waals surface area contributed by atoms with Crippen molar-refractivity contribution in [2.24, 2.45) is 0 Å². The molecule has 0 bridgehead atoms. The quantitative estimate of drug-likeness (QED) is 0.863. The van der Waals surface area contributed by atoms with Gasteiger partial charge >= 0.3 is 5.97 Å². The lowest BCUT2D eigenvalue weighted by Gasteiger charge is -2.35. The zero-order valence-electron chi connectivity index (χ0n) is 10.8. The van der Waals surface area contributed by atoms with Crippen LogP contribution in [0.15, 0.2) is 18.2 Å². The maximum absolute atomic E-state index is 11.6. The predicted molar refractivity (Wildman–Crippen MR) is 70.0 cm³/mol. The first-order chi connectivity index (χ1) is 8.55. The Morgan fingerprint density at radius 2 is 2.00 bits per heavy atom. The van der Waals surface area contributed by atoms with Gasteiger partial charge in [-0.1, -0.05) is 12.1 Å². The summed E-state index contributed by atoms with van der Waals surface area (Å²) in [5.74, 6) is -0.799. The van der Waals surface area contributed by atoms with E-state index in [-0.39, 0.29) is 0 Å². The Bertz CT molecular complexity index is 450. The minimum Gasteiger partial charge on any atom is -0.480 e. The second-order valence-electron chi connectivity index (χ2n) is 4.87. The lowest BCUT2D eigenvalue weighted by molar-refractivity contribution is -0.145. The van der Waals surface area contributed by atoms with Gasteiger partial charge in [0.15, 0.2) is 0 Å². The van der Waals surface area contributed by atoms with E-state index >= 15 is 0 Å². The van der Waals surface area contributed by atoms with Crippen LogP contribution in [0.5, 0.6) is 0 Å². The monoisotopic (exact) mass is 249 g/mol. The lowest BCUT2D eigenvalue weighted by Crippen LogP contribution is -2.50. The maximum Gasteiger partial charge on any atom is 0.329 e. The maximum atomic E-state index is 11.6. The van der Waals surface area contributed by atoms with Gasteiger partial charge in [-0.05, 0) is 31.0 Å². The Balaban J connectivity index is 2.29. The largest absolute Gasteiger partial charge is 0.480 e. The molecular formula is C14H19NO3. The molecule has 0 spiro atoms. The first-order valence-electron chi connectivity index (χ1n) is 6.21. The summed E-state index contributed by atoms with van der Waals surface area (Å²) in [5.41, 5.74) is 2.27. The van der Waals surface area contributed by atoms with Crippen LogP contribution in [0.4, 0.5) is 5.69 Å². The van der Waals surface area contributed by atoms with Crippen LogP contribution in [0, 0.1) is 13.8 Å². The summed E-state index contributed by atoms with van der Waals surface area (Å²) in [6, 6.07) is 5.90. The van der Waals surface area contributed by atoms with Gasteiger partial charge in [0.05, 0.1) is 0 Å². The molecule has 1 saturated heterocycles. The van der Waals surface area contributed by atoms with Gasteiger partial charge in [-0.3, -0.25) is 0 Å². The van der Waals surface area contributed by atoms with Crippen LogP contribution in [0.2, 0.25) is 0 Å². The van der Waals surface area contributed by atoms with Crippen LogP contribution in [0.3, 0.4) is 0 Å². The molecule has 2 rings (SSSR count). The fourth-order valence-corrected chi connectivity index (χ4v) is 2.26. The summed E-state index contributed by atoms with van der Waals surface area (Å²) in [7, 11) is 0. The minimum absolute atomic E-state index is 0.490. The summed E-state index contributed by atoms with van der Waals surface area (Å²) < 4.78 is 5.26. The van der Waals surface area contributed by atoms with Crippen molar-refractivity contribution in [2.45, 2.75) is 32.2 Å². The van der Waals surface area contributed by atoms with Gasteiger partial charge in [-0.15, -0.1) is 0 Å². The van der Waals surface area contributed by atoms with E-state index in [1.54, 1.807) is 0 Å². The molecule has 2 N–H and O–H groups in total. The molecule has 98 valence electrons.